The third-order valence-corrected chi connectivity index (χ3v) is 2.98. The van der Waals surface area contributed by atoms with Gasteiger partial charge < -0.3 is 14.7 Å². The lowest BCUT2D eigenvalue weighted by molar-refractivity contribution is -0.120. The number of aromatic nitrogens is 2. The Labute approximate surface area is 109 Å². The Balaban J connectivity index is 1.66. The van der Waals surface area contributed by atoms with Gasteiger partial charge in [0.05, 0.1) is 18.7 Å². The highest BCUT2D eigenvalue weighted by molar-refractivity contribution is 5.88. The van der Waals surface area contributed by atoms with Crippen molar-refractivity contribution in [3.63, 3.8) is 0 Å². The highest BCUT2D eigenvalue weighted by Gasteiger charge is 2.08. The summed E-state index contributed by atoms with van der Waals surface area (Å²) in [4.78, 5) is 19.0. The summed E-state index contributed by atoms with van der Waals surface area (Å²) in [6.07, 6.45) is 5.09. The van der Waals surface area contributed by atoms with Crippen molar-refractivity contribution in [2.75, 3.05) is 0 Å². The van der Waals surface area contributed by atoms with Crippen LogP contribution in [0.1, 0.15) is 11.3 Å². The van der Waals surface area contributed by atoms with Crippen molar-refractivity contribution in [3.05, 3.63) is 54.4 Å². The maximum atomic E-state index is 11.9. The molecule has 2 N–H and O–H groups in total. The topological polar surface area (TPSA) is 70.9 Å². The maximum Gasteiger partial charge on any atom is 0.224 e. The molecule has 2 aromatic heterocycles. The quantitative estimate of drug-likeness (QED) is 0.749. The second-order valence-electron chi connectivity index (χ2n) is 4.29. The summed E-state index contributed by atoms with van der Waals surface area (Å²) in [6.45, 7) is 0.387. The average molecular weight is 255 g/mol. The molecule has 0 radical (unpaired) electrons. The molecule has 2 heterocycles. The number of oxazole rings is 1. The van der Waals surface area contributed by atoms with E-state index in [0.29, 0.717) is 18.7 Å². The van der Waals surface area contributed by atoms with Crippen molar-refractivity contribution in [1.29, 1.82) is 0 Å². The molecule has 19 heavy (non-hydrogen) atoms. The Hall–Kier alpha value is -2.56. The van der Waals surface area contributed by atoms with Gasteiger partial charge in [-0.25, -0.2) is 4.98 Å². The number of nitrogens with one attached hydrogen (secondary N) is 2. The fourth-order valence-electron chi connectivity index (χ4n) is 2.03. The third kappa shape index (κ3) is 2.49. The fraction of sp³-hybridized carbons (Fsp3) is 0.143. The molecule has 0 aliphatic rings. The molecule has 0 atom stereocenters. The van der Waals surface area contributed by atoms with Crippen molar-refractivity contribution in [2.45, 2.75) is 13.0 Å². The van der Waals surface area contributed by atoms with Gasteiger partial charge in [-0.15, -0.1) is 0 Å². The van der Waals surface area contributed by atoms with E-state index < -0.39 is 0 Å². The van der Waals surface area contributed by atoms with Gasteiger partial charge in [-0.1, -0.05) is 18.2 Å². The molecule has 5 heteroatoms. The molecule has 3 aromatic rings. The van der Waals surface area contributed by atoms with Crippen LogP contribution >= 0.6 is 0 Å². The van der Waals surface area contributed by atoms with E-state index in [9.17, 15) is 4.79 Å². The fourth-order valence-corrected chi connectivity index (χ4v) is 2.03. The number of carbonyl (C=O) groups is 1. The van der Waals surface area contributed by atoms with E-state index in [0.717, 1.165) is 16.5 Å². The Morgan fingerprint density at radius 1 is 1.37 bits per heavy atom. The number of carbonyl (C=O) groups excluding carboxylic acids is 1. The largest absolute Gasteiger partial charge is 0.451 e. The predicted octanol–water partition coefficient (Wildman–Crippen LogP) is 2.01. The van der Waals surface area contributed by atoms with Gasteiger partial charge in [0.15, 0.2) is 6.39 Å². The van der Waals surface area contributed by atoms with Gasteiger partial charge in [0.1, 0.15) is 6.26 Å². The normalized spacial score (nSPS) is 10.7. The summed E-state index contributed by atoms with van der Waals surface area (Å²) in [5.41, 5.74) is 2.75. The highest BCUT2D eigenvalue weighted by atomic mass is 16.3. The summed E-state index contributed by atoms with van der Waals surface area (Å²) in [6, 6.07) is 7.93. The standard InChI is InChI=1S/C14H13N3O2/c18-14(16-7-11-8-19-9-17-11)5-10-6-15-13-4-2-1-3-12(10)13/h1-4,6,8-9,15H,5,7H2,(H,16,18). The summed E-state index contributed by atoms with van der Waals surface area (Å²) in [5.74, 6) is -0.0345. The Morgan fingerprint density at radius 3 is 3.11 bits per heavy atom. The monoisotopic (exact) mass is 255 g/mol. The molecule has 1 amide bonds. The van der Waals surface area contributed by atoms with E-state index in [4.69, 9.17) is 4.42 Å². The zero-order valence-electron chi connectivity index (χ0n) is 10.2. The van der Waals surface area contributed by atoms with Crippen LogP contribution < -0.4 is 5.32 Å². The minimum Gasteiger partial charge on any atom is -0.451 e. The second kappa shape index (κ2) is 4.97. The number of aromatic amines is 1. The number of H-pyrrole nitrogens is 1. The SMILES string of the molecule is O=C(Cc1c[nH]c2ccccc12)NCc1cocn1. The molecule has 0 fully saturated rings. The lowest BCUT2D eigenvalue weighted by atomic mass is 10.1. The molecule has 0 aliphatic heterocycles. The highest BCUT2D eigenvalue weighted by Crippen LogP contribution is 2.17. The first-order valence-corrected chi connectivity index (χ1v) is 6.01. The number of benzene rings is 1. The Kier molecular flexibility index (Phi) is 3.02. The predicted molar refractivity (Wildman–Crippen MR) is 70.4 cm³/mol. The number of rotatable bonds is 4. The van der Waals surface area contributed by atoms with Crippen LogP contribution in [0.15, 0.2) is 47.5 Å². The van der Waals surface area contributed by atoms with Crippen LogP contribution in [0.4, 0.5) is 0 Å². The van der Waals surface area contributed by atoms with Gasteiger partial charge in [-0.3, -0.25) is 4.79 Å². The van der Waals surface area contributed by atoms with Crippen LogP contribution in [0, 0.1) is 0 Å². The van der Waals surface area contributed by atoms with Crippen LogP contribution in [0.25, 0.3) is 10.9 Å². The average Bonchev–Trinajstić information content (AvgIpc) is 3.07. The molecule has 0 saturated carbocycles. The van der Waals surface area contributed by atoms with Crippen LogP contribution in [0.5, 0.6) is 0 Å². The zero-order chi connectivity index (χ0) is 13.1. The first-order chi connectivity index (χ1) is 9.33. The summed E-state index contributed by atoms with van der Waals surface area (Å²) >= 11 is 0. The number of hydrogen-bond acceptors (Lipinski definition) is 3. The van der Waals surface area contributed by atoms with Gasteiger partial charge >= 0.3 is 0 Å². The van der Waals surface area contributed by atoms with Gasteiger partial charge in [0.25, 0.3) is 0 Å². The minimum atomic E-state index is -0.0345. The van der Waals surface area contributed by atoms with Gasteiger partial charge in [-0.05, 0) is 11.6 Å². The van der Waals surface area contributed by atoms with Gasteiger partial charge in [0.2, 0.25) is 5.91 Å². The summed E-state index contributed by atoms with van der Waals surface area (Å²) in [7, 11) is 0. The van der Waals surface area contributed by atoms with E-state index in [1.807, 2.05) is 30.5 Å². The molecule has 0 bridgehead atoms. The van der Waals surface area contributed by atoms with Crippen molar-refractivity contribution in [1.82, 2.24) is 15.3 Å². The molecule has 0 spiro atoms. The van der Waals surface area contributed by atoms with E-state index in [-0.39, 0.29) is 5.91 Å². The molecule has 5 nitrogen and oxygen atoms in total. The molecule has 0 unspecified atom stereocenters. The van der Waals surface area contributed by atoms with Crippen molar-refractivity contribution in [2.24, 2.45) is 0 Å². The molecule has 1 aromatic carbocycles. The van der Waals surface area contributed by atoms with Crippen LogP contribution in [0.3, 0.4) is 0 Å². The minimum absolute atomic E-state index is 0.0345. The lowest BCUT2D eigenvalue weighted by Crippen LogP contribution is -2.24. The summed E-state index contributed by atoms with van der Waals surface area (Å²) < 4.78 is 4.84. The van der Waals surface area contributed by atoms with Gasteiger partial charge in [-0.2, -0.15) is 0 Å². The molecular formula is C14H13N3O2. The van der Waals surface area contributed by atoms with E-state index in [1.165, 1.54) is 12.7 Å². The number of amides is 1. The third-order valence-electron chi connectivity index (χ3n) is 2.98. The Morgan fingerprint density at radius 2 is 2.26 bits per heavy atom. The molecule has 0 aliphatic carbocycles. The Bertz CT molecular complexity index is 686. The molecule has 96 valence electrons. The van der Waals surface area contributed by atoms with E-state index >= 15 is 0 Å². The first-order valence-electron chi connectivity index (χ1n) is 6.01. The lowest BCUT2D eigenvalue weighted by Gasteiger charge is -2.02. The number of para-hydroxylation sites is 1. The van der Waals surface area contributed by atoms with Crippen molar-refractivity contribution in [3.8, 4) is 0 Å². The van der Waals surface area contributed by atoms with Gasteiger partial charge in [0, 0.05) is 17.1 Å². The van der Waals surface area contributed by atoms with Crippen LogP contribution in [-0.2, 0) is 17.8 Å². The molecule has 0 saturated heterocycles. The number of nitrogens with zero attached hydrogens (tertiary/aromatic N) is 1. The first kappa shape index (κ1) is 11.5. The second-order valence-corrected chi connectivity index (χ2v) is 4.29. The molecule has 3 rings (SSSR count). The summed E-state index contributed by atoms with van der Waals surface area (Å²) in [5, 5.41) is 3.90. The zero-order valence-corrected chi connectivity index (χ0v) is 10.2. The van der Waals surface area contributed by atoms with Crippen molar-refractivity contribution >= 4 is 16.8 Å². The van der Waals surface area contributed by atoms with Crippen molar-refractivity contribution < 1.29 is 9.21 Å². The number of hydrogen-bond donors (Lipinski definition) is 2. The maximum absolute atomic E-state index is 11.9. The van der Waals surface area contributed by atoms with E-state index in [2.05, 4.69) is 15.3 Å². The van der Waals surface area contributed by atoms with E-state index in [1.54, 1.807) is 0 Å². The molecular weight excluding hydrogens is 242 g/mol. The number of fused-ring (bicyclic) bond motifs is 1. The smallest absolute Gasteiger partial charge is 0.224 e. The van der Waals surface area contributed by atoms with Crippen LogP contribution in [0.2, 0.25) is 0 Å². The van der Waals surface area contributed by atoms with Crippen LogP contribution in [-0.4, -0.2) is 15.9 Å².